The van der Waals surface area contributed by atoms with E-state index in [-0.39, 0.29) is 38.6 Å². The first kappa shape index (κ1) is 46.8. The molecular formula is C38H74NO8P. The number of allylic oxidation sites excluding steroid dienone is 2. The van der Waals surface area contributed by atoms with Crippen LogP contribution in [0.2, 0.25) is 0 Å². The maximum atomic E-state index is 12.5. The normalized spacial score (nSPS) is 13.5. The Bertz CT molecular complexity index is 810. The second-order valence-electron chi connectivity index (χ2n) is 13.2. The van der Waals surface area contributed by atoms with E-state index < -0.39 is 26.5 Å². The fourth-order valence-electron chi connectivity index (χ4n) is 5.45. The molecule has 48 heavy (non-hydrogen) atoms. The minimum atomic E-state index is -4.36. The number of ether oxygens (including phenoxy) is 2. The van der Waals surface area contributed by atoms with Crippen LogP contribution >= 0.6 is 7.82 Å². The molecular weight excluding hydrogens is 629 g/mol. The van der Waals surface area contributed by atoms with Gasteiger partial charge in [0.25, 0.3) is 0 Å². The number of esters is 2. The van der Waals surface area contributed by atoms with Crippen molar-refractivity contribution in [3.63, 3.8) is 0 Å². The predicted octanol–water partition coefficient (Wildman–Crippen LogP) is 10.7. The first-order valence-corrected chi connectivity index (χ1v) is 21.2. The molecule has 0 aromatic carbocycles. The van der Waals surface area contributed by atoms with Crippen molar-refractivity contribution < 1.29 is 37.6 Å². The molecule has 0 saturated carbocycles. The number of unbranched alkanes of at least 4 members (excludes halogenated alkanes) is 22. The summed E-state index contributed by atoms with van der Waals surface area (Å²) in [5.41, 5.74) is 5.33. The standard InChI is InChI=1S/C38H74NO8P/c1-3-5-7-9-11-13-15-17-18-19-21-22-24-26-28-30-37(40)44-34-36(35-46-48(42,43)45-33-32-39)47-38(41)31-29-27-25-23-20-16-14-12-10-8-6-4-2/h13,15,36H,3-12,14,16-35,39H2,1-2H3,(H,42,43). The monoisotopic (exact) mass is 704 g/mol. The fourth-order valence-corrected chi connectivity index (χ4v) is 6.22. The van der Waals surface area contributed by atoms with Gasteiger partial charge in [0, 0.05) is 19.4 Å². The maximum absolute atomic E-state index is 12.5. The molecule has 0 rings (SSSR count). The van der Waals surface area contributed by atoms with E-state index in [9.17, 15) is 19.0 Å². The maximum Gasteiger partial charge on any atom is 0.472 e. The third kappa shape index (κ3) is 34.6. The highest BCUT2D eigenvalue weighted by Gasteiger charge is 2.25. The van der Waals surface area contributed by atoms with E-state index in [2.05, 4.69) is 26.0 Å². The molecule has 0 fully saturated rings. The molecule has 10 heteroatoms. The highest BCUT2D eigenvalue weighted by Crippen LogP contribution is 2.43. The molecule has 0 aliphatic carbocycles. The molecule has 0 saturated heterocycles. The molecule has 2 unspecified atom stereocenters. The zero-order chi connectivity index (χ0) is 35.4. The summed E-state index contributed by atoms with van der Waals surface area (Å²) in [6, 6.07) is 0. The zero-order valence-corrected chi connectivity index (χ0v) is 31.9. The summed E-state index contributed by atoms with van der Waals surface area (Å²) in [4.78, 5) is 34.7. The quantitative estimate of drug-likeness (QED) is 0.0280. The Morgan fingerprint density at radius 2 is 1.02 bits per heavy atom. The van der Waals surface area contributed by atoms with Crippen molar-refractivity contribution in [2.24, 2.45) is 5.73 Å². The number of hydrogen-bond donors (Lipinski definition) is 2. The van der Waals surface area contributed by atoms with Crippen LogP contribution in [0.4, 0.5) is 0 Å². The molecule has 0 heterocycles. The van der Waals surface area contributed by atoms with Crippen molar-refractivity contribution >= 4 is 19.8 Å². The smallest absolute Gasteiger partial charge is 0.462 e. The van der Waals surface area contributed by atoms with Gasteiger partial charge < -0.3 is 20.1 Å². The molecule has 3 N–H and O–H groups in total. The summed E-state index contributed by atoms with van der Waals surface area (Å²) < 4.78 is 32.7. The second-order valence-corrected chi connectivity index (χ2v) is 14.6. The van der Waals surface area contributed by atoms with Gasteiger partial charge in [-0.3, -0.25) is 18.6 Å². The van der Waals surface area contributed by atoms with Crippen LogP contribution in [-0.4, -0.2) is 49.3 Å². The number of carbonyl (C=O) groups is 2. The molecule has 9 nitrogen and oxygen atoms in total. The molecule has 0 aliphatic rings. The molecule has 0 spiro atoms. The second kappa shape index (κ2) is 35.6. The number of hydrogen-bond acceptors (Lipinski definition) is 8. The van der Waals surface area contributed by atoms with Crippen molar-refractivity contribution in [3.05, 3.63) is 12.2 Å². The van der Waals surface area contributed by atoms with Crippen LogP contribution in [0, 0.1) is 0 Å². The summed E-state index contributed by atoms with van der Waals surface area (Å²) in [7, 11) is -4.36. The van der Waals surface area contributed by atoms with Crippen molar-refractivity contribution in [1.29, 1.82) is 0 Å². The highest BCUT2D eigenvalue weighted by atomic mass is 31.2. The van der Waals surface area contributed by atoms with Crippen LogP contribution in [0.5, 0.6) is 0 Å². The van der Waals surface area contributed by atoms with Crippen LogP contribution in [0.3, 0.4) is 0 Å². The summed E-state index contributed by atoms with van der Waals surface area (Å²) in [5, 5.41) is 0. The summed E-state index contributed by atoms with van der Waals surface area (Å²) in [6.45, 7) is 3.71. The Morgan fingerprint density at radius 1 is 0.604 bits per heavy atom. The van der Waals surface area contributed by atoms with Crippen molar-refractivity contribution in [3.8, 4) is 0 Å². The minimum absolute atomic E-state index is 0.0554. The van der Waals surface area contributed by atoms with Gasteiger partial charge in [-0.15, -0.1) is 0 Å². The van der Waals surface area contributed by atoms with E-state index in [1.807, 2.05) is 0 Å². The molecule has 0 bridgehead atoms. The van der Waals surface area contributed by atoms with Crippen molar-refractivity contribution in [1.82, 2.24) is 0 Å². The van der Waals surface area contributed by atoms with Gasteiger partial charge in [0.1, 0.15) is 6.61 Å². The number of carbonyl (C=O) groups excluding carboxylic acids is 2. The van der Waals surface area contributed by atoms with Gasteiger partial charge in [0.2, 0.25) is 0 Å². The molecule has 284 valence electrons. The average Bonchev–Trinajstić information content (AvgIpc) is 3.07. The number of rotatable bonds is 37. The van der Waals surface area contributed by atoms with E-state index >= 15 is 0 Å². The van der Waals surface area contributed by atoms with Gasteiger partial charge in [-0.2, -0.15) is 0 Å². The fraction of sp³-hybridized carbons (Fsp3) is 0.895. The molecule has 0 amide bonds. The third-order valence-corrected chi connectivity index (χ3v) is 9.39. The van der Waals surface area contributed by atoms with Gasteiger partial charge >= 0.3 is 19.8 Å². The number of phosphoric ester groups is 1. The predicted molar refractivity (Wildman–Crippen MR) is 197 cm³/mol. The molecule has 0 aromatic rings. The minimum Gasteiger partial charge on any atom is -0.462 e. The largest absolute Gasteiger partial charge is 0.472 e. The Kier molecular flexibility index (Phi) is 34.6. The lowest BCUT2D eigenvalue weighted by molar-refractivity contribution is -0.161. The summed E-state index contributed by atoms with van der Waals surface area (Å²) in [5.74, 6) is -0.828. The molecule has 2 atom stereocenters. The number of phosphoric acid groups is 1. The zero-order valence-electron chi connectivity index (χ0n) is 31.0. The third-order valence-electron chi connectivity index (χ3n) is 8.40. The van der Waals surface area contributed by atoms with E-state index in [1.54, 1.807) is 0 Å². The summed E-state index contributed by atoms with van der Waals surface area (Å²) in [6.07, 6.45) is 33.8. The van der Waals surface area contributed by atoms with Gasteiger partial charge in [-0.05, 0) is 38.5 Å². The summed E-state index contributed by atoms with van der Waals surface area (Å²) >= 11 is 0. The van der Waals surface area contributed by atoms with Crippen LogP contribution in [0.25, 0.3) is 0 Å². The van der Waals surface area contributed by atoms with Crippen molar-refractivity contribution in [2.45, 2.75) is 193 Å². The Labute approximate surface area is 294 Å². The van der Waals surface area contributed by atoms with Gasteiger partial charge in [0.05, 0.1) is 13.2 Å². The van der Waals surface area contributed by atoms with E-state index in [0.717, 1.165) is 44.9 Å². The molecule has 0 aromatic heterocycles. The highest BCUT2D eigenvalue weighted by molar-refractivity contribution is 7.47. The van der Waals surface area contributed by atoms with Gasteiger partial charge in [-0.25, -0.2) is 4.57 Å². The van der Waals surface area contributed by atoms with Crippen LogP contribution in [-0.2, 0) is 32.7 Å². The van der Waals surface area contributed by atoms with Crippen LogP contribution in [0.15, 0.2) is 12.2 Å². The lowest BCUT2D eigenvalue weighted by Crippen LogP contribution is -2.29. The number of nitrogens with two attached hydrogens (primary N) is 1. The van der Waals surface area contributed by atoms with Gasteiger partial charge in [-0.1, -0.05) is 148 Å². The first-order valence-electron chi connectivity index (χ1n) is 19.7. The average molecular weight is 704 g/mol. The lowest BCUT2D eigenvalue weighted by Gasteiger charge is -2.19. The lowest BCUT2D eigenvalue weighted by atomic mass is 10.0. The first-order chi connectivity index (χ1) is 23.3. The molecule has 0 radical (unpaired) electrons. The Balaban J connectivity index is 4.18. The van der Waals surface area contributed by atoms with E-state index in [0.29, 0.717) is 6.42 Å². The van der Waals surface area contributed by atoms with E-state index in [4.69, 9.17) is 24.3 Å². The van der Waals surface area contributed by atoms with Crippen molar-refractivity contribution in [2.75, 3.05) is 26.4 Å². The Hall–Kier alpha value is -1.25. The van der Waals surface area contributed by atoms with Crippen LogP contribution in [0.1, 0.15) is 187 Å². The van der Waals surface area contributed by atoms with E-state index in [1.165, 1.54) is 109 Å². The van der Waals surface area contributed by atoms with Gasteiger partial charge in [0.15, 0.2) is 6.10 Å². The SMILES string of the molecule is CCCCCCC=CCCCCCCCCCC(=O)OCC(COP(=O)(O)OCCN)OC(=O)CCCCCCCCCCCCCC. The molecule has 0 aliphatic heterocycles. The van der Waals surface area contributed by atoms with Crippen LogP contribution < -0.4 is 5.73 Å². The Morgan fingerprint density at radius 3 is 1.50 bits per heavy atom. The topological polar surface area (TPSA) is 134 Å².